The third-order valence-corrected chi connectivity index (χ3v) is 3.80. The zero-order valence-corrected chi connectivity index (χ0v) is 13.1. The summed E-state index contributed by atoms with van der Waals surface area (Å²) in [7, 11) is 1.56. The van der Waals surface area contributed by atoms with Gasteiger partial charge < -0.3 is 10.1 Å². The summed E-state index contributed by atoms with van der Waals surface area (Å²) in [5.41, 5.74) is 1.64. The van der Waals surface area contributed by atoms with Crippen molar-refractivity contribution in [3.63, 3.8) is 0 Å². The van der Waals surface area contributed by atoms with Gasteiger partial charge in [0.1, 0.15) is 11.8 Å². The monoisotopic (exact) mass is 350 g/mol. The van der Waals surface area contributed by atoms with Crippen molar-refractivity contribution < 1.29 is 4.74 Å². The molecule has 0 aliphatic rings. The first-order valence-electron chi connectivity index (χ1n) is 5.90. The van der Waals surface area contributed by atoms with E-state index in [-0.39, 0.29) is 0 Å². The lowest BCUT2D eigenvalue weighted by atomic mass is 10.1. The maximum Gasteiger partial charge on any atom is 0.140 e. The highest BCUT2D eigenvalue weighted by atomic mass is 79.9. The molecule has 0 saturated carbocycles. The van der Waals surface area contributed by atoms with Crippen LogP contribution >= 0.6 is 27.5 Å². The zero-order valence-electron chi connectivity index (χ0n) is 10.7. The number of halogens is 2. The van der Waals surface area contributed by atoms with Crippen LogP contribution in [0.5, 0.6) is 5.75 Å². The van der Waals surface area contributed by atoms with Gasteiger partial charge in [0.15, 0.2) is 0 Å². The molecule has 0 bridgehead atoms. The van der Waals surface area contributed by atoms with Gasteiger partial charge in [-0.2, -0.15) is 5.26 Å². The molecule has 0 spiro atoms. The van der Waals surface area contributed by atoms with Crippen LogP contribution in [0.3, 0.4) is 0 Å². The zero-order chi connectivity index (χ0) is 14.5. The molecule has 0 saturated heterocycles. The molecule has 5 heteroatoms. The van der Waals surface area contributed by atoms with Gasteiger partial charge in [-0.15, -0.1) is 0 Å². The van der Waals surface area contributed by atoms with Gasteiger partial charge in [0.2, 0.25) is 0 Å². The molecular formula is C15H12BrClN2O. The molecule has 2 rings (SSSR count). The second-order valence-corrected chi connectivity index (χ2v) is 5.34. The fraction of sp³-hybridized carbons (Fsp3) is 0.133. The van der Waals surface area contributed by atoms with Gasteiger partial charge in [0.05, 0.1) is 18.2 Å². The van der Waals surface area contributed by atoms with Crippen LogP contribution in [0.1, 0.15) is 11.6 Å². The van der Waals surface area contributed by atoms with Crippen LogP contribution in [0.4, 0.5) is 5.69 Å². The van der Waals surface area contributed by atoms with Gasteiger partial charge in [0, 0.05) is 10.2 Å². The van der Waals surface area contributed by atoms with Crippen LogP contribution < -0.4 is 10.1 Å². The number of benzene rings is 2. The summed E-state index contributed by atoms with van der Waals surface area (Å²) in [5, 5.41) is 13.0. The highest BCUT2D eigenvalue weighted by Crippen LogP contribution is 2.30. The maximum atomic E-state index is 9.35. The van der Waals surface area contributed by atoms with Gasteiger partial charge >= 0.3 is 0 Å². The number of anilines is 1. The van der Waals surface area contributed by atoms with Crippen LogP contribution in [0.25, 0.3) is 0 Å². The molecule has 2 aromatic rings. The molecule has 3 nitrogen and oxygen atoms in total. The molecule has 0 aliphatic heterocycles. The number of nitriles is 1. The van der Waals surface area contributed by atoms with E-state index in [9.17, 15) is 5.26 Å². The van der Waals surface area contributed by atoms with E-state index in [0.717, 1.165) is 15.7 Å². The minimum Gasteiger partial charge on any atom is -0.495 e. The lowest BCUT2D eigenvalue weighted by Crippen LogP contribution is -2.09. The maximum absolute atomic E-state index is 9.35. The van der Waals surface area contributed by atoms with Gasteiger partial charge in [-0.25, -0.2) is 0 Å². The molecule has 0 heterocycles. The summed E-state index contributed by atoms with van der Waals surface area (Å²) in [4.78, 5) is 0. The number of rotatable bonds is 4. The van der Waals surface area contributed by atoms with E-state index in [1.54, 1.807) is 19.2 Å². The van der Waals surface area contributed by atoms with Crippen molar-refractivity contribution >= 4 is 33.2 Å². The van der Waals surface area contributed by atoms with Crippen LogP contribution in [-0.2, 0) is 0 Å². The predicted molar refractivity (Wildman–Crippen MR) is 84.1 cm³/mol. The van der Waals surface area contributed by atoms with Crippen molar-refractivity contribution in [1.82, 2.24) is 0 Å². The quantitative estimate of drug-likeness (QED) is 0.861. The van der Waals surface area contributed by atoms with E-state index in [4.69, 9.17) is 16.3 Å². The molecule has 0 amide bonds. The van der Waals surface area contributed by atoms with Crippen molar-refractivity contribution in [2.75, 3.05) is 12.4 Å². The number of nitrogens with zero attached hydrogens (tertiary/aromatic N) is 1. The summed E-state index contributed by atoms with van der Waals surface area (Å²) < 4.78 is 6.01. The summed E-state index contributed by atoms with van der Waals surface area (Å²) in [5.74, 6) is 0.591. The third kappa shape index (κ3) is 3.24. The average molecular weight is 352 g/mol. The first kappa shape index (κ1) is 14.7. The third-order valence-electron chi connectivity index (χ3n) is 2.81. The van der Waals surface area contributed by atoms with Crippen molar-refractivity contribution in [1.29, 1.82) is 5.26 Å². The number of nitrogens with one attached hydrogen (secondary N) is 1. The lowest BCUT2D eigenvalue weighted by molar-refractivity contribution is 0.415. The molecule has 102 valence electrons. The van der Waals surface area contributed by atoms with Gasteiger partial charge in [-0.1, -0.05) is 29.8 Å². The summed E-state index contributed by atoms with van der Waals surface area (Å²) in [6.45, 7) is 0. The Bertz CT molecular complexity index is 655. The summed E-state index contributed by atoms with van der Waals surface area (Å²) >= 11 is 9.54. The molecule has 1 N–H and O–H groups in total. The molecule has 0 radical (unpaired) electrons. The van der Waals surface area contributed by atoms with E-state index in [2.05, 4.69) is 27.3 Å². The Kier molecular flexibility index (Phi) is 4.89. The smallest absolute Gasteiger partial charge is 0.140 e. The molecule has 2 aromatic carbocycles. The van der Waals surface area contributed by atoms with Crippen molar-refractivity contribution in [2.24, 2.45) is 0 Å². The molecule has 0 fully saturated rings. The summed E-state index contributed by atoms with van der Waals surface area (Å²) in [6, 6.07) is 14.7. The van der Waals surface area contributed by atoms with Crippen molar-refractivity contribution in [3.8, 4) is 11.8 Å². The molecule has 20 heavy (non-hydrogen) atoms. The Balaban J connectivity index is 2.27. The Morgan fingerprint density at radius 3 is 2.65 bits per heavy atom. The Hall–Kier alpha value is -1.70. The Morgan fingerprint density at radius 1 is 1.30 bits per heavy atom. The number of methoxy groups -OCH3 is 1. The fourth-order valence-electron chi connectivity index (χ4n) is 1.79. The number of para-hydroxylation sites is 1. The van der Waals surface area contributed by atoms with Crippen LogP contribution in [0, 0.1) is 11.3 Å². The second kappa shape index (κ2) is 6.65. The average Bonchev–Trinajstić information content (AvgIpc) is 2.46. The van der Waals surface area contributed by atoms with Crippen LogP contribution in [-0.4, -0.2) is 7.11 Å². The highest BCUT2D eigenvalue weighted by Gasteiger charge is 2.13. The van der Waals surface area contributed by atoms with E-state index < -0.39 is 6.04 Å². The minimum atomic E-state index is -0.489. The van der Waals surface area contributed by atoms with Crippen LogP contribution in [0.15, 0.2) is 46.9 Å². The number of ether oxygens (including phenoxy) is 1. The van der Waals surface area contributed by atoms with Gasteiger partial charge in [0.25, 0.3) is 0 Å². The van der Waals surface area contributed by atoms with Gasteiger partial charge in [-0.3, -0.25) is 0 Å². The second-order valence-electron chi connectivity index (χ2n) is 4.08. The van der Waals surface area contributed by atoms with Gasteiger partial charge in [-0.05, 0) is 45.8 Å². The minimum absolute atomic E-state index is 0.485. The normalized spacial score (nSPS) is 11.5. The topological polar surface area (TPSA) is 45.0 Å². The molecule has 0 aliphatic carbocycles. The Labute approximate surface area is 131 Å². The SMILES string of the molecule is COc1ccc(C(C#N)Nc2ccccc2Br)cc1Cl. The summed E-state index contributed by atoms with van der Waals surface area (Å²) in [6.07, 6.45) is 0. The number of hydrogen-bond acceptors (Lipinski definition) is 3. The Morgan fingerprint density at radius 2 is 2.05 bits per heavy atom. The highest BCUT2D eigenvalue weighted by molar-refractivity contribution is 9.10. The fourth-order valence-corrected chi connectivity index (χ4v) is 2.45. The lowest BCUT2D eigenvalue weighted by Gasteiger charge is -2.15. The number of hydrogen-bond donors (Lipinski definition) is 1. The van der Waals surface area contributed by atoms with E-state index >= 15 is 0 Å². The van der Waals surface area contributed by atoms with Crippen molar-refractivity contribution in [3.05, 3.63) is 57.5 Å². The molecule has 1 atom stereocenters. The first-order chi connectivity index (χ1) is 9.65. The van der Waals surface area contributed by atoms with E-state index in [0.29, 0.717) is 10.8 Å². The molecule has 0 aromatic heterocycles. The largest absolute Gasteiger partial charge is 0.495 e. The van der Waals surface area contributed by atoms with Crippen molar-refractivity contribution in [2.45, 2.75) is 6.04 Å². The van der Waals surface area contributed by atoms with E-state index in [1.807, 2.05) is 30.3 Å². The standard InChI is InChI=1S/C15H12BrClN2O/c1-20-15-7-6-10(8-12(15)17)14(9-18)19-13-5-3-2-4-11(13)16/h2-8,14,19H,1H3. The van der Waals surface area contributed by atoms with Crippen LogP contribution in [0.2, 0.25) is 5.02 Å². The first-order valence-corrected chi connectivity index (χ1v) is 7.07. The molecule has 1 unspecified atom stereocenters. The van der Waals surface area contributed by atoms with E-state index in [1.165, 1.54) is 0 Å². The predicted octanol–water partition coefficient (Wildman–Crippen LogP) is 4.79. The molecular weight excluding hydrogens is 340 g/mol.